The topological polar surface area (TPSA) is 78.4 Å². The molecule has 0 bridgehead atoms. The van der Waals surface area contributed by atoms with E-state index in [9.17, 15) is 9.59 Å². The summed E-state index contributed by atoms with van der Waals surface area (Å²) in [5.41, 5.74) is -0.273. The second-order valence-electron chi connectivity index (χ2n) is 7.43. The molecule has 7 nitrogen and oxygen atoms in total. The highest BCUT2D eigenvalue weighted by Crippen LogP contribution is 2.24. The van der Waals surface area contributed by atoms with Crippen LogP contribution in [0.15, 0.2) is 11.2 Å². The molecule has 2 rings (SSSR count). The number of amides is 2. The molecule has 0 spiro atoms. The van der Waals surface area contributed by atoms with Gasteiger partial charge in [-0.15, -0.1) is 0 Å². The maximum Gasteiger partial charge on any atom is 0.230 e. The van der Waals surface area contributed by atoms with Gasteiger partial charge in [-0.2, -0.15) is 0 Å². The van der Waals surface area contributed by atoms with Crippen LogP contribution < -0.4 is 10.2 Å². The third kappa shape index (κ3) is 6.02. The van der Waals surface area contributed by atoms with Gasteiger partial charge in [-0.05, 0) is 27.7 Å². The maximum atomic E-state index is 12.0. The van der Waals surface area contributed by atoms with E-state index in [1.54, 1.807) is 13.0 Å². The van der Waals surface area contributed by atoms with Crippen molar-refractivity contribution in [3.8, 4) is 0 Å². The van der Waals surface area contributed by atoms with Crippen LogP contribution in [0.5, 0.6) is 0 Å². The van der Waals surface area contributed by atoms with Crippen LogP contribution in [0.2, 0.25) is 5.15 Å². The summed E-state index contributed by atoms with van der Waals surface area (Å²) in [7, 11) is 0. The standard InChI is InChI=1S/C17H26ClN5O2S/c1-11-9-22(6-7-23(11)12(2)24)14-8-13(18)19-16(20-14)26-10-15(25)21-17(3,4)5/h8,11H,6-7,9-10H2,1-5H3,(H,21,25)/t11-/m1/s1. The van der Waals surface area contributed by atoms with Gasteiger partial charge >= 0.3 is 0 Å². The number of nitrogens with zero attached hydrogens (tertiary/aromatic N) is 4. The first-order valence-corrected chi connectivity index (χ1v) is 9.92. The quantitative estimate of drug-likeness (QED) is 0.475. The fraction of sp³-hybridized carbons (Fsp3) is 0.647. The molecular formula is C17H26ClN5O2S. The molecule has 26 heavy (non-hydrogen) atoms. The van der Waals surface area contributed by atoms with Crippen LogP contribution in [0.4, 0.5) is 5.82 Å². The summed E-state index contributed by atoms with van der Waals surface area (Å²) in [4.78, 5) is 36.3. The summed E-state index contributed by atoms with van der Waals surface area (Å²) in [6.45, 7) is 11.4. The van der Waals surface area contributed by atoms with Crippen LogP contribution in [-0.2, 0) is 9.59 Å². The predicted molar refractivity (Wildman–Crippen MR) is 105 cm³/mol. The zero-order chi connectivity index (χ0) is 19.5. The van der Waals surface area contributed by atoms with Crippen molar-refractivity contribution < 1.29 is 9.59 Å². The van der Waals surface area contributed by atoms with Gasteiger partial charge in [-0.25, -0.2) is 9.97 Å². The molecule has 0 unspecified atom stereocenters. The molecule has 1 aliphatic rings. The molecule has 2 amide bonds. The van der Waals surface area contributed by atoms with E-state index in [-0.39, 0.29) is 29.1 Å². The Bertz CT molecular complexity index is 680. The van der Waals surface area contributed by atoms with Crippen molar-refractivity contribution in [1.82, 2.24) is 20.2 Å². The monoisotopic (exact) mass is 399 g/mol. The summed E-state index contributed by atoms with van der Waals surface area (Å²) < 4.78 is 0. The van der Waals surface area contributed by atoms with Gasteiger partial charge < -0.3 is 15.1 Å². The predicted octanol–water partition coefficient (Wildman–Crippen LogP) is 2.19. The van der Waals surface area contributed by atoms with Crippen LogP contribution in [0, 0.1) is 0 Å². The zero-order valence-corrected chi connectivity index (χ0v) is 17.4. The molecule has 0 aromatic carbocycles. The molecular weight excluding hydrogens is 374 g/mol. The van der Waals surface area contributed by atoms with Gasteiger partial charge in [0.1, 0.15) is 11.0 Å². The average Bonchev–Trinajstić information content (AvgIpc) is 2.50. The molecule has 1 atom stereocenters. The number of carbonyl (C=O) groups is 2. The highest BCUT2D eigenvalue weighted by atomic mass is 35.5. The third-order valence-electron chi connectivity index (χ3n) is 3.86. The summed E-state index contributed by atoms with van der Waals surface area (Å²) in [6.07, 6.45) is 0. The first-order valence-electron chi connectivity index (χ1n) is 8.56. The first kappa shape index (κ1) is 20.8. The first-order chi connectivity index (χ1) is 12.0. The normalized spacial score (nSPS) is 18.0. The van der Waals surface area contributed by atoms with Crippen molar-refractivity contribution >= 4 is 41.0 Å². The molecule has 1 aliphatic heterocycles. The van der Waals surface area contributed by atoms with Gasteiger partial charge in [0.15, 0.2) is 5.16 Å². The van der Waals surface area contributed by atoms with E-state index in [1.165, 1.54) is 11.8 Å². The number of rotatable bonds is 4. The van der Waals surface area contributed by atoms with E-state index >= 15 is 0 Å². The molecule has 1 N–H and O–H groups in total. The Hall–Kier alpha value is -1.54. The number of piperazine rings is 1. The molecule has 2 heterocycles. The Labute approximate surface area is 163 Å². The van der Waals surface area contributed by atoms with Crippen LogP contribution in [-0.4, -0.2) is 63.7 Å². The molecule has 1 fully saturated rings. The van der Waals surface area contributed by atoms with Crippen LogP contribution >= 0.6 is 23.4 Å². The van der Waals surface area contributed by atoms with E-state index in [2.05, 4.69) is 20.2 Å². The fourth-order valence-electron chi connectivity index (χ4n) is 2.83. The van der Waals surface area contributed by atoms with Gasteiger partial charge in [0.05, 0.1) is 5.75 Å². The van der Waals surface area contributed by atoms with Crippen molar-refractivity contribution in [1.29, 1.82) is 0 Å². The number of halogens is 1. The number of hydrogen-bond acceptors (Lipinski definition) is 6. The molecule has 0 radical (unpaired) electrons. The Morgan fingerprint density at radius 2 is 2.04 bits per heavy atom. The number of nitrogens with one attached hydrogen (secondary N) is 1. The lowest BCUT2D eigenvalue weighted by molar-refractivity contribution is -0.131. The van der Waals surface area contributed by atoms with Crippen molar-refractivity contribution in [2.24, 2.45) is 0 Å². The molecule has 1 aromatic rings. The van der Waals surface area contributed by atoms with Gasteiger partial charge in [0, 0.05) is 44.2 Å². The van der Waals surface area contributed by atoms with Gasteiger partial charge in [0.2, 0.25) is 11.8 Å². The Balaban J connectivity index is 2.03. The lowest BCUT2D eigenvalue weighted by Gasteiger charge is -2.40. The van der Waals surface area contributed by atoms with Crippen molar-refractivity contribution in [3.63, 3.8) is 0 Å². The molecule has 1 saturated heterocycles. The Kier molecular flexibility index (Phi) is 6.74. The highest BCUT2D eigenvalue weighted by molar-refractivity contribution is 7.99. The number of thioether (sulfide) groups is 1. The van der Waals surface area contributed by atoms with E-state index in [1.807, 2.05) is 32.6 Å². The molecule has 144 valence electrons. The van der Waals surface area contributed by atoms with Crippen LogP contribution in [0.3, 0.4) is 0 Å². The highest BCUT2D eigenvalue weighted by Gasteiger charge is 2.26. The second kappa shape index (κ2) is 8.43. The zero-order valence-electron chi connectivity index (χ0n) is 15.9. The fourth-order valence-corrected chi connectivity index (χ4v) is 3.71. The van der Waals surface area contributed by atoms with E-state index in [4.69, 9.17) is 11.6 Å². The number of aromatic nitrogens is 2. The summed E-state index contributed by atoms with van der Waals surface area (Å²) in [6, 6.07) is 1.82. The number of hydrogen-bond donors (Lipinski definition) is 1. The summed E-state index contributed by atoms with van der Waals surface area (Å²) >= 11 is 7.41. The third-order valence-corrected chi connectivity index (χ3v) is 4.90. The smallest absolute Gasteiger partial charge is 0.230 e. The minimum atomic E-state index is -0.273. The Morgan fingerprint density at radius 1 is 1.35 bits per heavy atom. The molecule has 0 aliphatic carbocycles. The average molecular weight is 400 g/mol. The minimum absolute atomic E-state index is 0.0729. The van der Waals surface area contributed by atoms with Gasteiger partial charge in [-0.1, -0.05) is 23.4 Å². The van der Waals surface area contributed by atoms with Crippen molar-refractivity contribution in [2.45, 2.75) is 51.4 Å². The SMILES string of the molecule is CC(=O)N1CCN(c2cc(Cl)nc(SCC(=O)NC(C)(C)C)n2)C[C@H]1C. The molecule has 0 saturated carbocycles. The lowest BCUT2D eigenvalue weighted by atomic mass is 10.1. The van der Waals surface area contributed by atoms with Gasteiger partial charge in [-0.3, -0.25) is 9.59 Å². The summed E-state index contributed by atoms with van der Waals surface area (Å²) in [5.74, 6) is 0.958. The Morgan fingerprint density at radius 3 is 2.62 bits per heavy atom. The van der Waals surface area contributed by atoms with Crippen molar-refractivity contribution in [3.05, 3.63) is 11.2 Å². The second-order valence-corrected chi connectivity index (χ2v) is 8.76. The van der Waals surface area contributed by atoms with Crippen LogP contribution in [0.1, 0.15) is 34.6 Å². The largest absolute Gasteiger partial charge is 0.353 e. The number of carbonyl (C=O) groups excluding carboxylic acids is 2. The van der Waals surface area contributed by atoms with Gasteiger partial charge in [0.25, 0.3) is 0 Å². The van der Waals surface area contributed by atoms with E-state index < -0.39 is 0 Å². The maximum absolute atomic E-state index is 12.0. The lowest BCUT2D eigenvalue weighted by Crippen LogP contribution is -2.53. The number of anilines is 1. The molecule has 1 aromatic heterocycles. The van der Waals surface area contributed by atoms with E-state index in [0.29, 0.717) is 29.9 Å². The van der Waals surface area contributed by atoms with Crippen molar-refractivity contribution in [2.75, 3.05) is 30.3 Å². The van der Waals surface area contributed by atoms with Crippen LogP contribution in [0.25, 0.3) is 0 Å². The minimum Gasteiger partial charge on any atom is -0.353 e. The molecule has 9 heteroatoms. The summed E-state index contributed by atoms with van der Waals surface area (Å²) in [5, 5.41) is 3.72. The van der Waals surface area contributed by atoms with E-state index in [0.717, 1.165) is 5.82 Å².